The predicted molar refractivity (Wildman–Crippen MR) is 111 cm³/mol. The van der Waals surface area contributed by atoms with Crippen LogP contribution in [0.25, 0.3) is 0 Å². The Morgan fingerprint density at radius 2 is 1.96 bits per heavy atom. The second-order valence-electron chi connectivity index (χ2n) is 5.78. The van der Waals surface area contributed by atoms with Crippen LogP contribution in [0.3, 0.4) is 0 Å². The van der Waals surface area contributed by atoms with Gasteiger partial charge in [0.1, 0.15) is 5.03 Å². The number of nitrogens with zero attached hydrogens (tertiary/aromatic N) is 2. The third-order valence-corrected chi connectivity index (χ3v) is 5.30. The molecular formula is C18H21ClN4OS2. The Morgan fingerprint density at radius 3 is 2.65 bits per heavy atom. The molecule has 138 valence electrons. The second-order valence-corrected chi connectivity index (χ2v) is 7.71. The lowest BCUT2D eigenvalue weighted by molar-refractivity contribution is 0.0389. The van der Waals surface area contributed by atoms with Crippen LogP contribution < -0.4 is 10.6 Å². The first kappa shape index (κ1) is 19.4. The molecule has 1 fully saturated rings. The normalized spacial score (nSPS) is 14.8. The van der Waals surface area contributed by atoms with E-state index in [4.69, 9.17) is 28.6 Å². The molecule has 0 aliphatic carbocycles. The van der Waals surface area contributed by atoms with Gasteiger partial charge in [0.15, 0.2) is 5.11 Å². The number of hydrogen-bond donors (Lipinski definition) is 2. The molecule has 1 aromatic heterocycles. The summed E-state index contributed by atoms with van der Waals surface area (Å²) in [5.41, 5.74) is 0.870. The topological polar surface area (TPSA) is 49.4 Å². The van der Waals surface area contributed by atoms with Crippen molar-refractivity contribution >= 4 is 46.4 Å². The van der Waals surface area contributed by atoms with Crippen LogP contribution in [-0.2, 0) is 4.74 Å². The molecule has 2 heterocycles. The van der Waals surface area contributed by atoms with E-state index < -0.39 is 0 Å². The van der Waals surface area contributed by atoms with Gasteiger partial charge in [0.05, 0.1) is 25.1 Å². The second kappa shape index (κ2) is 10.1. The van der Waals surface area contributed by atoms with Crippen LogP contribution in [0.2, 0.25) is 5.02 Å². The van der Waals surface area contributed by atoms with Gasteiger partial charge in [-0.1, -0.05) is 23.4 Å². The molecule has 0 amide bonds. The van der Waals surface area contributed by atoms with Crippen LogP contribution >= 0.6 is 35.6 Å². The Morgan fingerprint density at radius 1 is 1.19 bits per heavy atom. The summed E-state index contributed by atoms with van der Waals surface area (Å²) >= 11 is 12.8. The van der Waals surface area contributed by atoms with Crippen LogP contribution in [0.5, 0.6) is 0 Å². The maximum absolute atomic E-state index is 5.90. The van der Waals surface area contributed by atoms with Gasteiger partial charge in [0.2, 0.25) is 0 Å². The van der Waals surface area contributed by atoms with Crippen molar-refractivity contribution in [1.29, 1.82) is 0 Å². The fraction of sp³-hybridized carbons (Fsp3) is 0.333. The van der Waals surface area contributed by atoms with Gasteiger partial charge >= 0.3 is 0 Å². The van der Waals surface area contributed by atoms with Crippen LogP contribution in [0.15, 0.2) is 52.5 Å². The number of nitrogens with one attached hydrogen (secondary N) is 2. The zero-order valence-electron chi connectivity index (χ0n) is 14.3. The van der Waals surface area contributed by atoms with Gasteiger partial charge in [-0.25, -0.2) is 4.98 Å². The van der Waals surface area contributed by atoms with Crippen LogP contribution in [0, 0.1) is 0 Å². The molecule has 0 unspecified atom stereocenters. The van der Waals surface area contributed by atoms with E-state index in [1.165, 1.54) is 0 Å². The Kier molecular flexibility index (Phi) is 7.52. The number of pyridine rings is 1. The van der Waals surface area contributed by atoms with Crippen molar-refractivity contribution in [2.24, 2.45) is 0 Å². The lowest BCUT2D eigenvalue weighted by Crippen LogP contribution is -2.42. The molecule has 26 heavy (non-hydrogen) atoms. The Labute approximate surface area is 168 Å². The molecule has 1 aliphatic heterocycles. The number of morpholine rings is 1. The van der Waals surface area contributed by atoms with E-state index in [0.29, 0.717) is 5.11 Å². The third kappa shape index (κ3) is 6.41. The van der Waals surface area contributed by atoms with Crippen LogP contribution in [0.1, 0.15) is 0 Å². The van der Waals surface area contributed by atoms with Crippen molar-refractivity contribution in [3.63, 3.8) is 0 Å². The van der Waals surface area contributed by atoms with Gasteiger partial charge in [-0.15, -0.1) is 0 Å². The predicted octanol–water partition coefficient (Wildman–Crippen LogP) is 3.50. The third-order valence-electron chi connectivity index (χ3n) is 3.85. The molecule has 3 rings (SSSR count). The molecule has 1 aromatic carbocycles. The van der Waals surface area contributed by atoms with Gasteiger partial charge in [-0.05, 0) is 48.6 Å². The number of ether oxygens (including phenoxy) is 1. The van der Waals surface area contributed by atoms with Gasteiger partial charge in [0.25, 0.3) is 0 Å². The van der Waals surface area contributed by atoms with Gasteiger partial charge in [0, 0.05) is 36.1 Å². The monoisotopic (exact) mass is 408 g/mol. The molecule has 0 bridgehead atoms. The molecule has 1 aliphatic rings. The Hall–Kier alpha value is -1.38. The van der Waals surface area contributed by atoms with Crippen molar-refractivity contribution in [2.75, 3.05) is 44.7 Å². The number of hydrogen-bond acceptors (Lipinski definition) is 5. The maximum Gasteiger partial charge on any atom is 0.170 e. The number of aromatic nitrogens is 1. The summed E-state index contributed by atoms with van der Waals surface area (Å²) in [7, 11) is 0. The van der Waals surface area contributed by atoms with Gasteiger partial charge in [-0.2, -0.15) is 0 Å². The first-order valence-electron chi connectivity index (χ1n) is 8.43. The molecule has 1 saturated heterocycles. The van der Waals surface area contributed by atoms with E-state index in [-0.39, 0.29) is 0 Å². The largest absolute Gasteiger partial charge is 0.379 e. The summed E-state index contributed by atoms with van der Waals surface area (Å²) in [6.07, 6.45) is 1.79. The minimum Gasteiger partial charge on any atom is -0.379 e. The number of halogens is 1. The average Bonchev–Trinajstić information content (AvgIpc) is 2.66. The highest BCUT2D eigenvalue weighted by Gasteiger charge is 2.09. The van der Waals surface area contributed by atoms with Crippen molar-refractivity contribution in [3.05, 3.63) is 47.6 Å². The average molecular weight is 409 g/mol. The number of anilines is 1. The fourth-order valence-corrected chi connectivity index (χ4v) is 3.57. The zero-order valence-corrected chi connectivity index (χ0v) is 16.7. The maximum atomic E-state index is 5.90. The van der Waals surface area contributed by atoms with E-state index in [1.807, 2.05) is 36.4 Å². The molecular weight excluding hydrogens is 388 g/mol. The van der Waals surface area contributed by atoms with Crippen molar-refractivity contribution in [1.82, 2.24) is 15.2 Å². The van der Waals surface area contributed by atoms with E-state index in [2.05, 4.69) is 20.5 Å². The van der Waals surface area contributed by atoms with Crippen LogP contribution in [-0.4, -0.2) is 54.4 Å². The Balaban J connectivity index is 1.41. The highest BCUT2D eigenvalue weighted by atomic mass is 35.5. The summed E-state index contributed by atoms with van der Waals surface area (Å²) in [5.74, 6) is 0. The van der Waals surface area contributed by atoms with Crippen molar-refractivity contribution in [2.45, 2.75) is 9.92 Å². The van der Waals surface area contributed by atoms with E-state index in [9.17, 15) is 0 Å². The number of benzene rings is 1. The fourth-order valence-electron chi connectivity index (χ4n) is 2.47. The molecule has 2 N–H and O–H groups in total. The summed E-state index contributed by atoms with van der Waals surface area (Å²) in [4.78, 5) is 7.93. The molecule has 0 saturated carbocycles. The summed E-state index contributed by atoms with van der Waals surface area (Å²) in [5, 5.41) is 8.66. The molecule has 0 radical (unpaired) electrons. The highest BCUT2D eigenvalue weighted by molar-refractivity contribution is 7.99. The van der Waals surface area contributed by atoms with Crippen molar-refractivity contribution < 1.29 is 4.74 Å². The summed E-state index contributed by atoms with van der Waals surface area (Å²) in [6, 6.07) is 11.7. The SMILES string of the molecule is S=C(NCCN1CCOCC1)Nc1ccc(Sc2ccc(Cl)cc2)nc1. The first-order chi connectivity index (χ1) is 12.7. The minimum atomic E-state index is 0.609. The van der Waals surface area contributed by atoms with E-state index in [0.717, 1.165) is 60.0 Å². The molecule has 2 aromatic rings. The van der Waals surface area contributed by atoms with E-state index >= 15 is 0 Å². The van der Waals surface area contributed by atoms with E-state index in [1.54, 1.807) is 18.0 Å². The molecule has 8 heteroatoms. The van der Waals surface area contributed by atoms with Crippen LogP contribution in [0.4, 0.5) is 5.69 Å². The number of rotatable bonds is 6. The lowest BCUT2D eigenvalue weighted by atomic mass is 10.4. The quantitative estimate of drug-likeness (QED) is 0.709. The highest BCUT2D eigenvalue weighted by Crippen LogP contribution is 2.27. The summed E-state index contributed by atoms with van der Waals surface area (Å²) in [6.45, 7) is 5.37. The smallest absolute Gasteiger partial charge is 0.170 e. The Bertz CT molecular complexity index is 706. The summed E-state index contributed by atoms with van der Waals surface area (Å²) < 4.78 is 5.34. The number of thiocarbonyl (C=S) groups is 1. The molecule has 0 spiro atoms. The van der Waals surface area contributed by atoms with Gasteiger partial charge < -0.3 is 15.4 Å². The minimum absolute atomic E-state index is 0.609. The van der Waals surface area contributed by atoms with Gasteiger partial charge in [-0.3, -0.25) is 4.90 Å². The molecule has 0 atom stereocenters. The first-order valence-corrected chi connectivity index (χ1v) is 10.0. The molecule has 5 nitrogen and oxygen atoms in total. The zero-order chi connectivity index (χ0) is 18.2. The lowest BCUT2D eigenvalue weighted by Gasteiger charge is -2.26. The van der Waals surface area contributed by atoms with Crippen molar-refractivity contribution in [3.8, 4) is 0 Å². The standard InChI is InChI=1S/C18H21ClN4OS2/c19-14-1-4-16(5-2-14)26-17-6-3-15(13-21-17)22-18(25)20-7-8-23-9-11-24-12-10-23/h1-6,13H,7-12H2,(H2,20,22,25).